The average molecular weight is 432 g/mol. The molecule has 1 unspecified atom stereocenters. The largest absolute Gasteiger partial charge is 0.393 e. The molecule has 0 spiro atoms. The van der Waals surface area contributed by atoms with Gasteiger partial charge in [-0.25, -0.2) is 0 Å². The fourth-order valence-electron chi connectivity index (χ4n) is 10.6. The molecule has 3 N–H and O–H groups in total. The van der Waals surface area contributed by atoms with Gasteiger partial charge in [-0.3, -0.25) is 4.90 Å². The molecule has 4 heteroatoms. The van der Waals surface area contributed by atoms with Crippen LogP contribution in [0.2, 0.25) is 0 Å². The van der Waals surface area contributed by atoms with E-state index in [1.165, 1.54) is 32.4 Å². The molecule has 6 fully saturated rings. The molecule has 0 aromatic heterocycles. The van der Waals surface area contributed by atoms with Gasteiger partial charge in [0, 0.05) is 19.1 Å². The van der Waals surface area contributed by atoms with Crippen molar-refractivity contribution in [3.8, 4) is 0 Å². The first kappa shape index (κ1) is 21.4. The molecule has 0 amide bonds. The molecule has 2 saturated heterocycles. The van der Waals surface area contributed by atoms with E-state index in [9.17, 15) is 15.3 Å². The Morgan fingerprint density at radius 2 is 1.52 bits per heavy atom. The molecule has 14 atom stereocenters. The first-order valence-electron chi connectivity index (χ1n) is 13.6. The van der Waals surface area contributed by atoms with Gasteiger partial charge in [0.1, 0.15) is 0 Å². The average Bonchev–Trinajstić information content (AvgIpc) is 3.12. The lowest BCUT2D eigenvalue weighted by molar-refractivity contribution is -0.142. The van der Waals surface area contributed by atoms with Crippen molar-refractivity contribution in [2.45, 2.75) is 96.5 Å². The maximum atomic E-state index is 11.5. The maximum absolute atomic E-state index is 11.5. The molecule has 0 bridgehead atoms. The molecule has 6 rings (SSSR count). The van der Waals surface area contributed by atoms with E-state index in [2.05, 4.69) is 25.7 Å². The second-order valence-corrected chi connectivity index (χ2v) is 13.3. The van der Waals surface area contributed by atoms with Crippen LogP contribution in [0.15, 0.2) is 0 Å². The minimum atomic E-state index is -0.303. The highest BCUT2D eigenvalue weighted by molar-refractivity contribution is 5.13. The summed E-state index contributed by atoms with van der Waals surface area (Å²) in [6.07, 6.45) is 7.79. The van der Waals surface area contributed by atoms with Crippen LogP contribution in [0.5, 0.6) is 0 Å². The van der Waals surface area contributed by atoms with Crippen molar-refractivity contribution < 1.29 is 15.3 Å². The summed E-state index contributed by atoms with van der Waals surface area (Å²) in [6.45, 7) is 9.85. The molecule has 4 nitrogen and oxygen atoms in total. The Balaban J connectivity index is 1.31. The van der Waals surface area contributed by atoms with Gasteiger partial charge in [-0.05, 0) is 110 Å². The minimum Gasteiger partial charge on any atom is -0.393 e. The number of hydrogen-bond donors (Lipinski definition) is 3. The molecule has 31 heavy (non-hydrogen) atoms. The van der Waals surface area contributed by atoms with Crippen molar-refractivity contribution in [1.82, 2.24) is 4.90 Å². The summed E-state index contributed by atoms with van der Waals surface area (Å²) in [5, 5.41) is 33.0. The Bertz CT molecular complexity index is 700. The van der Waals surface area contributed by atoms with Crippen LogP contribution < -0.4 is 0 Å². The second-order valence-electron chi connectivity index (χ2n) is 13.3. The summed E-state index contributed by atoms with van der Waals surface area (Å²) in [6, 6.07) is 0.730. The Labute approximate surface area is 188 Å². The summed E-state index contributed by atoms with van der Waals surface area (Å²) in [5.41, 5.74) is 0.135. The predicted octanol–water partition coefficient (Wildman–Crippen LogP) is 3.53. The molecule has 4 saturated carbocycles. The van der Waals surface area contributed by atoms with Gasteiger partial charge in [0.15, 0.2) is 0 Å². The summed E-state index contributed by atoms with van der Waals surface area (Å²) in [4.78, 5) is 2.84. The van der Waals surface area contributed by atoms with Crippen molar-refractivity contribution >= 4 is 0 Å². The molecule has 2 heterocycles. The van der Waals surface area contributed by atoms with Crippen LogP contribution in [0.4, 0.5) is 0 Å². The summed E-state index contributed by atoms with van der Waals surface area (Å²) in [5.74, 6) is 5.25. The number of hydrogen-bond acceptors (Lipinski definition) is 4. The van der Waals surface area contributed by atoms with E-state index in [0.717, 1.165) is 50.0 Å². The van der Waals surface area contributed by atoms with E-state index in [1.807, 2.05) is 0 Å². The van der Waals surface area contributed by atoms with Gasteiger partial charge >= 0.3 is 0 Å². The van der Waals surface area contributed by atoms with Gasteiger partial charge in [-0.15, -0.1) is 0 Å². The second kappa shape index (κ2) is 7.42. The normalized spacial score (nSPS) is 61.5. The van der Waals surface area contributed by atoms with E-state index < -0.39 is 0 Å². The van der Waals surface area contributed by atoms with E-state index in [4.69, 9.17) is 0 Å². The molecule has 0 aromatic rings. The van der Waals surface area contributed by atoms with Gasteiger partial charge < -0.3 is 15.3 Å². The zero-order chi connectivity index (χ0) is 21.7. The quantitative estimate of drug-likeness (QED) is 0.549. The number of piperidine rings is 2. The highest BCUT2D eigenvalue weighted by Crippen LogP contribution is 2.67. The maximum Gasteiger partial charge on any atom is 0.0577 e. The third-order valence-electron chi connectivity index (χ3n) is 12.0. The highest BCUT2D eigenvalue weighted by Gasteiger charge is 2.64. The number of aliphatic hydroxyl groups excluding tert-OH is 3. The van der Waals surface area contributed by atoms with Crippen molar-refractivity contribution in [2.24, 2.45) is 58.7 Å². The summed E-state index contributed by atoms with van der Waals surface area (Å²) < 4.78 is 0. The van der Waals surface area contributed by atoms with Gasteiger partial charge in [-0.1, -0.05) is 20.8 Å². The van der Waals surface area contributed by atoms with Crippen LogP contribution in [0.3, 0.4) is 0 Å². The number of rotatable bonds is 0. The monoisotopic (exact) mass is 431 g/mol. The zero-order valence-corrected chi connectivity index (χ0v) is 19.9. The molecule has 6 aliphatic rings. The van der Waals surface area contributed by atoms with E-state index >= 15 is 0 Å². The van der Waals surface area contributed by atoms with Crippen molar-refractivity contribution in [2.75, 3.05) is 13.1 Å². The van der Waals surface area contributed by atoms with Crippen LogP contribution in [-0.4, -0.2) is 57.7 Å². The van der Waals surface area contributed by atoms with Crippen molar-refractivity contribution in [1.29, 1.82) is 0 Å². The smallest absolute Gasteiger partial charge is 0.0577 e. The Hall–Kier alpha value is -0.160. The van der Waals surface area contributed by atoms with Crippen LogP contribution in [0.25, 0.3) is 0 Å². The predicted molar refractivity (Wildman–Crippen MR) is 121 cm³/mol. The molecule has 176 valence electrons. The number of aliphatic hydroxyl groups is 3. The van der Waals surface area contributed by atoms with Crippen LogP contribution in [-0.2, 0) is 0 Å². The van der Waals surface area contributed by atoms with Gasteiger partial charge in [0.05, 0.1) is 18.3 Å². The minimum absolute atomic E-state index is 0.135. The summed E-state index contributed by atoms with van der Waals surface area (Å²) >= 11 is 0. The molecule has 0 radical (unpaired) electrons. The van der Waals surface area contributed by atoms with Crippen LogP contribution in [0.1, 0.15) is 72.1 Å². The first-order chi connectivity index (χ1) is 14.8. The van der Waals surface area contributed by atoms with E-state index in [-0.39, 0.29) is 29.6 Å². The van der Waals surface area contributed by atoms with Crippen molar-refractivity contribution in [3.63, 3.8) is 0 Å². The molecule has 0 aromatic carbocycles. The standard InChI is InChI=1S/C27H45NO3/c1-14-4-5-23-15(2)17-10-25(31)26-18(20(17)13-28(23)12-14)9-21-19(26)11-24(30)22-8-16(29)6-7-27(21,22)3/h14-26,29-31H,4-13H2,1-3H3/t14-,15+,16+,17+,18-,19+,20+,21-,22+,23-,24+,25-,26?,27+/m0/s1. The SMILES string of the molecule is C[C@H]1CC[C@H]2[C@H](C)[C@H]3C[C@H](O)C4[C@@H](C[C@H]5[C@H]4C[C@@H](O)[C@H]4C[C@H](O)CC[C@@]45C)[C@@H]3CN2C1. The van der Waals surface area contributed by atoms with Gasteiger partial charge in [0.25, 0.3) is 0 Å². The Morgan fingerprint density at radius 3 is 2.32 bits per heavy atom. The number of fused-ring (bicyclic) bond motifs is 8. The zero-order valence-electron chi connectivity index (χ0n) is 19.9. The van der Waals surface area contributed by atoms with Crippen LogP contribution in [0, 0.1) is 58.7 Å². The fraction of sp³-hybridized carbons (Fsp3) is 1.00. The fourth-order valence-corrected chi connectivity index (χ4v) is 10.6. The third-order valence-corrected chi connectivity index (χ3v) is 12.0. The lowest BCUT2D eigenvalue weighted by Crippen LogP contribution is -2.60. The molecular formula is C27H45NO3. The van der Waals surface area contributed by atoms with Gasteiger partial charge in [0.2, 0.25) is 0 Å². The Kier molecular flexibility index (Phi) is 5.12. The summed E-state index contributed by atoms with van der Waals surface area (Å²) in [7, 11) is 0. The van der Waals surface area contributed by atoms with E-state index in [1.54, 1.807) is 0 Å². The lowest BCUT2D eigenvalue weighted by Gasteiger charge is -2.57. The topological polar surface area (TPSA) is 63.9 Å². The van der Waals surface area contributed by atoms with Crippen molar-refractivity contribution in [3.05, 3.63) is 0 Å². The van der Waals surface area contributed by atoms with Gasteiger partial charge in [-0.2, -0.15) is 0 Å². The number of nitrogens with zero attached hydrogens (tertiary/aromatic N) is 1. The molecule has 4 aliphatic carbocycles. The highest BCUT2D eigenvalue weighted by atomic mass is 16.3. The first-order valence-corrected chi connectivity index (χ1v) is 13.6. The molecule has 2 aliphatic heterocycles. The lowest BCUT2D eigenvalue weighted by atomic mass is 9.51. The third kappa shape index (κ3) is 3.07. The van der Waals surface area contributed by atoms with Crippen LogP contribution >= 0.6 is 0 Å². The van der Waals surface area contributed by atoms with E-state index in [0.29, 0.717) is 35.5 Å². The molecular weight excluding hydrogens is 386 g/mol. The Morgan fingerprint density at radius 1 is 0.742 bits per heavy atom.